The van der Waals surface area contributed by atoms with Gasteiger partial charge in [0.05, 0.1) is 11.4 Å². The van der Waals surface area contributed by atoms with Crippen LogP contribution in [0.15, 0.2) is 30.3 Å². The van der Waals surface area contributed by atoms with Crippen molar-refractivity contribution >= 4 is 0 Å². The van der Waals surface area contributed by atoms with Crippen LogP contribution < -0.4 is 5.73 Å². The van der Waals surface area contributed by atoms with E-state index in [9.17, 15) is 4.39 Å². The molecular formula is C13H16FN3. The predicted octanol–water partition coefficient (Wildman–Crippen LogP) is 2.46. The van der Waals surface area contributed by atoms with E-state index in [1.54, 1.807) is 4.68 Å². The van der Waals surface area contributed by atoms with Crippen LogP contribution in [0.3, 0.4) is 0 Å². The van der Waals surface area contributed by atoms with E-state index >= 15 is 0 Å². The highest BCUT2D eigenvalue weighted by molar-refractivity contribution is 5.37. The molecule has 2 N–H and O–H groups in total. The lowest BCUT2D eigenvalue weighted by molar-refractivity contribution is 0.350. The van der Waals surface area contributed by atoms with Crippen molar-refractivity contribution in [1.82, 2.24) is 9.78 Å². The monoisotopic (exact) mass is 233 g/mol. The summed E-state index contributed by atoms with van der Waals surface area (Å²) in [6.07, 6.45) is -1.15. The Hall–Kier alpha value is -1.68. The zero-order chi connectivity index (χ0) is 12.4. The Balaban J connectivity index is 2.52. The van der Waals surface area contributed by atoms with Gasteiger partial charge < -0.3 is 5.73 Å². The summed E-state index contributed by atoms with van der Waals surface area (Å²) in [6, 6.07) is 9.69. The third-order valence-corrected chi connectivity index (χ3v) is 2.87. The van der Waals surface area contributed by atoms with Gasteiger partial charge in [-0.2, -0.15) is 5.10 Å². The number of nitrogens with two attached hydrogens (primary N) is 1. The van der Waals surface area contributed by atoms with Crippen molar-refractivity contribution in [3.63, 3.8) is 0 Å². The Morgan fingerprint density at radius 1 is 1.29 bits per heavy atom. The van der Waals surface area contributed by atoms with E-state index in [4.69, 9.17) is 5.73 Å². The molecule has 0 amide bonds. The molecule has 0 saturated heterocycles. The zero-order valence-electron chi connectivity index (χ0n) is 10.0. The summed E-state index contributed by atoms with van der Waals surface area (Å²) in [5, 5.41) is 4.37. The van der Waals surface area contributed by atoms with Crippen molar-refractivity contribution in [2.75, 3.05) is 6.54 Å². The van der Waals surface area contributed by atoms with Gasteiger partial charge >= 0.3 is 0 Å². The Bertz CT molecular complexity index is 505. The molecule has 0 radical (unpaired) electrons. The highest BCUT2D eigenvalue weighted by atomic mass is 19.1. The molecule has 90 valence electrons. The first-order valence-electron chi connectivity index (χ1n) is 5.60. The molecule has 1 aromatic heterocycles. The van der Waals surface area contributed by atoms with Crippen LogP contribution in [0.2, 0.25) is 0 Å². The number of nitrogens with zero attached hydrogens (tertiary/aromatic N) is 2. The molecular weight excluding hydrogens is 217 g/mol. The van der Waals surface area contributed by atoms with Crippen LogP contribution in [-0.2, 0) is 0 Å². The van der Waals surface area contributed by atoms with Crippen LogP contribution in [0, 0.1) is 13.8 Å². The SMILES string of the molecule is Cc1nn(-c2ccccc2)c(C)c1C(F)CN. The first-order chi connectivity index (χ1) is 8.15. The average Bonchev–Trinajstić information content (AvgIpc) is 2.65. The van der Waals surface area contributed by atoms with E-state index in [0.717, 1.165) is 11.4 Å². The molecule has 1 aromatic carbocycles. The van der Waals surface area contributed by atoms with Crippen molar-refractivity contribution in [2.24, 2.45) is 5.73 Å². The molecule has 1 unspecified atom stereocenters. The Morgan fingerprint density at radius 3 is 2.53 bits per heavy atom. The number of rotatable bonds is 3. The van der Waals surface area contributed by atoms with Gasteiger partial charge in [0.1, 0.15) is 6.17 Å². The molecule has 2 rings (SSSR count). The molecule has 0 fully saturated rings. The number of para-hydroxylation sites is 1. The van der Waals surface area contributed by atoms with Gasteiger partial charge in [0.15, 0.2) is 0 Å². The van der Waals surface area contributed by atoms with E-state index in [1.807, 2.05) is 44.2 Å². The molecule has 17 heavy (non-hydrogen) atoms. The van der Waals surface area contributed by atoms with E-state index in [2.05, 4.69) is 5.10 Å². The van der Waals surface area contributed by atoms with Gasteiger partial charge in [-0.1, -0.05) is 18.2 Å². The summed E-state index contributed by atoms with van der Waals surface area (Å²) >= 11 is 0. The maximum absolute atomic E-state index is 13.7. The van der Waals surface area contributed by atoms with E-state index < -0.39 is 6.17 Å². The second kappa shape index (κ2) is 4.67. The number of aryl methyl sites for hydroxylation is 1. The third kappa shape index (κ3) is 2.08. The second-order valence-electron chi connectivity index (χ2n) is 4.04. The number of hydrogen-bond donors (Lipinski definition) is 1. The van der Waals surface area contributed by atoms with Crippen molar-refractivity contribution < 1.29 is 4.39 Å². The highest BCUT2D eigenvalue weighted by Gasteiger charge is 2.19. The van der Waals surface area contributed by atoms with Crippen LogP contribution in [-0.4, -0.2) is 16.3 Å². The average molecular weight is 233 g/mol. The van der Waals surface area contributed by atoms with Crippen LogP contribution in [0.4, 0.5) is 4.39 Å². The maximum Gasteiger partial charge on any atom is 0.141 e. The molecule has 0 bridgehead atoms. The van der Waals surface area contributed by atoms with Crippen molar-refractivity contribution in [3.05, 3.63) is 47.3 Å². The molecule has 4 heteroatoms. The fourth-order valence-electron chi connectivity index (χ4n) is 2.05. The quantitative estimate of drug-likeness (QED) is 0.885. The molecule has 2 aromatic rings. The Labute approximate surface area is 100 Å². The highest BCUT2D eigenvalue weighted by Crippen LogP contribution is 2.25. The zero-order valence-corrected chi connectivity index (χ0v) is 10.0. The van der Waals surface area contributed by atoms with E-state index in [0.29, 0.717) is 11.3 Å². The molecule has 1 heterocycles. The topological polar surface area (TPSA) is 43.8 Å². The lowest BCUT2D eigenvalue weighted by atomic mass is 10.1. The smallest absolute Gasteiger partial charge is 0.141 e. The van der Waals surface area contributed by atoms with Gasteiger partial charge in [0.2, 0.25) is 0 Å². The maximum atomic E-state index is 13.7. The van der Waals surface area contributed by atoms with Crippen LogP contribution >= 0.6 is 0 Å². The number of alkyl halides is 1. The lowest BCUT2D eigenvalue weighted by Crippen LogP contribution is -2.09. The number of aromatic nitrogens is 2. The molecule has 0 aliphatic heterocycles. The van der Waals surface area contributed by atoms with E-state index in [-0.39, 0.29) is 6.54 Å². The minimum Gasteiger partial charge on any atom is -0.327 e. The normalized spacial score (nSPS) is 12.7. The van der Waals surface area contributed by atoms with Crippen molar-refractivity contribution in [1.29, 1.82) is 0 Å². The van der Waals surface area contributed by atoms with Crippen LogP contribution in [0.5, 0.6) is 0 Å². The molecule has 0 aliphatic rings. The minimum atomic E-state index is -1.15. The Kier molecular flexibility index (Phi) is 3.24. The lowest BCUT2D eigenvalue weighted by Gasteiger charge is -2.07. The fraction of sp³-hybridized carbons (Fsp3) is 0.308. The third-order valence-electron chi connectivity index (χ3n) is 2.87. The summed E-state index contributed by atoms with van der Waals surface area (Å²) in [5.74, 6) is 0. The van der Waals surface area contributed by atoms with Crippen molar-refractivity contribution in [3.8, 4) is 5.69 Å². The predicted molar refractivity (Wildman–Crippen MR) is 65.9 cm³/mol. The molecule has 0 aliphatic carbocycles. The summed E-state index contributed by atoms with van der Waals surface area (Å²) < 4.78 is 15.5. The summed E-state index contributed by atoms with van der Waals surface area (Å²) in [6.45, 7) is 3.66. The summed E-state index contributed by atoms with van der Waals surface area (Å²) in [4.78, 5) is 0. The summed E-state index contributed by atoms with van der Waals surface area (Å²) in [5.41, 5.74) is 8.43. The first-order valence-corrected chi connectivity index (χ1v) is 5.60. The Morgan fingerprint density at radius 2 is 1.94 bits per heavy atom. The van der Waals surface area contributed by atoms with Gasteiger partial charge in [0, 0.05) is 17.8 Å². The molecule has 3 nitrogen and oxygen atoms in total. The number of hydrogen-bond acceptors (Lipinski definition) is 2. The van der Waals surface area contributed by atoms with Crippen LogP contribution in [0.25, 0.3) is 5.69 Å². The largest absolute Gasteiger partial charge is 0.327 e. The molecule has 0 saturated carbocycles. The first kappa shape index (κ1) is 11.8. The van der Waals surface area contributed by atoms with Gasteiger partial charge in [-0.05, 0) is 26.0 Å². The van der Waals surface area contributed by atoms with Gasteiger partial charge in [0.25, 0.3) is 0 Å². The van der Waals surface area contributed by atoms with Gasteiger partial charge in [-0.25, -0.2) is 9.07 Å². The second-order valence-corrected chi connectivity index (χ2v) is 4.04. The fourth-order valence-corrected chi connectivity index (χ4v) is 2.05. The number of benzene rings is 1. The van der Waals surface area contributed by atoms with Gasteiger partial charge in [-0.15, -0.1) is 0 Å². The summed E-state index contributed by atoms with van der Waals surface area (Å²) in [7, 11) is 0. The molecule has 1 atom stereocenters. The molecule has 0 spiro atoms. The van der Waals surface area contributed by atoms with Gasteiger partial charge in [-0.3, -0.25) is 0 Å². The van der Waals surface area contributed by atoms with Crippen molar-refractivity contribution in [2.45, 2.75) is 20.0 Å². The number of halogens is 1. The standard InChI is InChI=1S/C13H16FN3/c1-9-13(12(14)8-15)10(2)17(16-9)11-6-4-3-5-7-11/h3-7,12H,8,15H2,1-2H3. The minimum absolute atomic E-state index is 0.0117. The van der Waals surface area contributed by atoms with Crippen LogP contribution in [0.1, 0.15) is 23.1 Å². The van der Waals surface area contributed by atoms with E-state index in [1.165, 1.54) is 0 Å².